The molecule has 0 fully saturated rings. The van der Waals surface area contributed by atoms with Gasteiger partial charge in [0.25, 0.3) is 0 Å². The van der Waals surface area contributed by atoms with Crippen LogP contribution in [0.5, 0.6) is 0 Å². The summed E-state index contributed by atoms with van der Waals surface area (Å²) in [4.78, 5) is 0.433. The molecule has 0 heterocycles. The van der Waals surface area contributed by atoms with E-state index in [2.05, 4.69) is 50.5 Å². The summed E-state index contributed by atoms with van der Waals surface area (Å²) in [5.74, 6) is 0.202. The molecular weight excluding hydrogens is 348 g/mol. The first-order valence-corrected chi connectivity index (χ1v) is 10.3. The van der Waals surface area contributed by atoms with E-state index in [0.29, 0.717) is 10.2 Å². The highest BCUT2D eigenvalue weighted by molar-refractivity contribution is 9.09. The molecule has 0 saturated heterocycles. The zero-order chi connectivity index (χ0) is 16.3. The summed E-state index contributed by atoms with van der Waals surface area (Å²) in [5.41, 5.74) is 1.01. The van der Waals surface area contributed by atoms with Crippen molar-refractivity contribution < 1.29 is 8.42 Å². The molecule has 1 aromatic carbocycles. The number of hydrogen-bond acceptors (Lipinski definition) is 2. The average Bonchev–Trinajstić information content (AvgIpc) is 2.44. The van der Waals surface area contributed by atoms with E-state index in [9.17, 15) is 8.42 Å². The minimum Gasteiger partial charge on any atom is -0.224 e. The first-order valence-electron chi connectivity index (χ1n) is 7.49. The molecule has 0 unspecified atom stereocenters. The second kappa shape index (κ2) is 6.82. The van der Waals surface area contributed by atoms with Crippen molar-refractivity contribution in [2.24, 2.45) is 5.41 Å². The lowest BCUT2D eigenvalue weighted by Gasteiger charge is -2.29. The zero-order valence-corrected chi connectivity index (χ0v) is 16.1. The van der Waals surface area contributed by atoms with Crippen molar-refractivity contribution in [3.8, 4) is 0 Å². The Morgan fingerprint density at radius 3 is 1.81 bits per heavy atom. The molecule has 21 heavy (non-hydrogen) atoms. The van der Waals surface area contributed by atoms with Gasteiger partial charge in [0.2, 0.25) is 0 Å². The SMILES string of the molecule is CCC(CC)(CBr)CS(=O)(=O)c1ccc(C(C)(C)C)cc1. The molecule has 0 N–H and O–H groups in total. The topological polar surface area (TPSA) is 34.1 Å². The van der Waals surface area contributed by atoms with Gasteiger partial charge in [-0.25, -0.2) is 8.42 Å². The highest BCUT2D eigenvalue weighted by Gasteiger charge is 2.32. The van der Waals surface area contributed by atoms with Crippen molar-refractivity contribution in [1.29, 1.82) is 0 Å². The van der Waals surface area contributed by atoms with E-state index in [1.807, 2.05) is 12.1 Å². The Morgan fingerprint density at radius 2 is 1.48 bits per heavy atom. The Kier molecular flexibility index (Phi) is 6.08. The Morgan fingerprint density at radius 1 is 1.00 bits per heavy atom. The molecule has 2 nitrogen and oxygen atoms in total. The van der Waals surface area contributed by atoms with Crippen LogP contribution in [0.15, 0.2) is 29.2 Å². The molecule has 1 aromatic rings. The monoisotopic (exact) mass is 374 g/mol. The first kappa shape index (κ1) is 18.7. The fourth-order valence-electron chi connectivity index (χ4n) is 2.33. The lowest BCUT2D eigenvalue weighted by Crippen LogP contribution is -2.30. The maximum atomic E-state index is 12.7. The molecule has 1 rings (SSSR count). The van der Waals surface area contributed by atoms with Gasteiger partial charge in [-0.3, -0.25) is 0 Å². The van der Waals surface area contributed by atoms with Crippen LogP contribution in [0.25, 0.3) is 0 Å². The van der Waals surface area contributed by atoms with Gasteiger partial charge in [0.15, 0.2) is 9.84 Å². The maximum absolute atomic E-state index is 12.7. The van der Waals surface area contributed by atoms with Crippen LogP contribution in [0.3, 0.4) is 0 Å². The summed E-state index contributed by atoms with van der Waals surface area (Å²) in [7, 11) is -3.25. The molecule has 0 aromatic heterocycles. The summed E-state index contributed by atoms with van der Waals surface area (Å²) < 4.78 is 25.3. The van der Waals surface area contributed by atoms with Gasteiger partial charge in [-0.1, -0.05) is 62.7 Å². The molecule has 0 aliphatic carbocycles. The Labute approximate surface area is 138 Å². The lowest BCUT2D eigenvalue weighted by atomic mass is 9.87. The second-order valence-electron chi connectivity index (χ2n) is 6.87. The molecular formula is C17H27BrO2S. The van der Waals surface area contributed by atoms with Crippen molar-refractivity contribution in [1.82, 2.24) is 0 Å². The molecule has 4 heteroatoms. The van der Waals surface area contributed by atoms with Crippen molar-refractivity contribution in [2.75, 3.05) is 11.1 Å². The van der Waals surface area contributed by atoms with E-state index in [0.717, 1.165) is 18.4 Å². The summed E-state index contributed by atoms with van der Waals surface area (Å²) in [6, 6.07) is 7.36. The van der Waals surface area contributed by atoms with E-state index >= 15 is 0 Å². The van der Waals surface area contributed by atoms with Gasteiger partial charge in [-0.05, 0) is 41.4 Å². The quantitative estimate of drug-likeness (QED) is 0.659. The van der Waals surface area contributed by atoms with Crippen LogP contribution < -0.4 is 0 Å². The Bertz CT molecular complexity index is 541. The number of benzene rings is 1. The Hall–Kier alpha value is -0.350. The van der Waals surface area contributed by atoms with Crippen molar-refractivity contribution in [3.05, 3.63) is 29.8 Å². The summed E-state index contributed by atoms with van der Waals surface area (Å²) in [5, 5.41) is 0.715. The van der Waals surface area contributed by atoms with Gasteiger partial charge in [-0.2, -0.15) is 0 Å². The molecule has 0 spiro atoms. The van der Waals surface area contributed by atoms with Gasteiger partial charge in [0.05, 0.1) is 10.6 Å². The average molecular weight is 375 g/mol. The van der Waals surface area contributed by atoms with Crippen LogP contribution in [-0.4, -0.2) is 19.5 Å². The van der Waals surface area contributed by atoms with Crippen LogP contribution in [0.4, 0.5) is 0 Å². The number of sulfone groups is 1. The van der Waals surface area contributed by atoms with Crippen LogP contribution in [0.1, 0.15) is 53.0 Å². The van der Waals surface area contributed by atoms with Gasteiger partial charge in [0, 0.05) is 5.33 Å². The van der Waals surface area contributed by atoms with Crippen LogP contribution in [0.2, 0.25) is 0 Å². The predicted molar refractivity (Wildman–Crippen MR) is 94.0 cm³/mol. The fraction of sp³-hybridized carbons (Fsp3) is 0.647. The third-order valence-corrected chi connectivity index (χ3v) is 7.53. The van der Waals surface area contributed by atoms with Crippen molar-refractivity contribution in [2.45, 2.75) is 57.8 Å². The molecule has 0 aliphatic heterocycles. The third kappa shape index (κ3) is 4.56. The molecule has 0 saturated carbocycles. The lowest BCUT2D eigenvalue weighted by molar-refractivity contribution is 0.351. The number of rotatable bonds is 6. The number of hydrogen-bond donors (Lipinski definition) is 0. The van der Waals surface area contributed by atoms with Crippen LogP contribution in [-0.2, 0) is 15.3 Å². The minimum atomic E-state index is -3.25. The van der Waals surface area contributed by atoms with E-state index in [1.54, 1.807) is 12.1 Å². The highest BCUT2D eigenvalue weighted by atomic mass is 79.9. The van der Waals surface area contributed by atoms with Gasteiger partial charge >= 0.3 is 0 Å². The van der Waals surface area contributed by atoms with E-state index < -0.39 is 9.84 Å². The van der Waals surface area contributed by atoms with Crippen LogP contribution in [0, 0.1) is 5.41 Å². The van der Waals surface area contributed by atoms with E-state index in [1.165, 1.54) is 0 Å². The summed E-state index contributed by atoms with van der Waals surface area (Å²) in [6.07, 6.45) is 1.71. The zero-order valence-electron chi connectivity index (χ0n) is 13.7. The Balaban J connectivity index is 3.09. The molecule has 0 aliphatic rings. The van der Waals surface area contributed by atoms with Crippen LogP contribution >= 0.6 is 15.9 Å². The van der Waals surface area contributed by atoms with Gasteiger partial charge < -0.3 is 0 Å². The largest absolute Gasteiger partial charge is 0.224 e. The smallest absolute Gasteiger partial charge is 0.178 e. The molecule has 0 atom stereocenters. The molecule has 120 valence electrons. The standard InChI is InChI=1S/C17H27BrO2S/c1-6-17(7-2,12-18)13-21(19,20)15-10-8-14(9-11-15)16(3,4)5/h8-11H,6-7,12-13H2,1-5H3. The molecule has 0 bridgehead atoms. The molecule has 0 amide bonds. The summed E-state index contributed by atoms with van der Waals surface area (Å²) in [6.45, 7) is 10.5. The van der Waals surface area contributed by atoms with E-state index in [4.69, 9.17) is 0 Å². The normalized spacial score (nSPS) is 13.4. The minimum absolute atomic E-state index is 0.0365. The van der Waals surface area contributed by atoms with E-state index in [-0.39, 0.29) is 16.6 Å². The number of halogens is 1. The van der Waals surface area contributed by atoms with Crippen molar-refractivity contribution in [3.63, 3.8) is 0 Å². The van der Waals surface area contributed by atoms with Crippen molar-refractivity contribution >= 4 is 25.8 Å². The summed E-state index contributed by atoms with van der Waals surface area (Å²) >= 11 is 3.49. The van der Waals surface area contributed by atoms with Gasteiger partial charge in [0.1, 0.15) is 0 Å². The first-order chi connectivity index (χ1) is 9.60. The maximum Gasteiger partial charge on any atom is 0.178 e. The fourth-order valence-corrected chi connectivity index (χ4v) is 5.62. The third-order valence-electron chi connectivity index (χ3n) is 4.36. The van der Waals surface area contributed by atoms with Gasteiger partial charge in [-0.15, -0.1) is 0 Å². The highest BCUT2D eigenvalue weighted by Crippen LogP contribution is 2.33. The predicted octanol–water partition coefficient (Wildman–Crippen LogP) is 4.96. The second-order valence-corrected chi connectivity index (χ2v) is 9.42. The molecule has 0 radical (unpaired) electrons. The number of alkyl halides is 1.